The number of hydrogen-bond donors (Lipinski definition) is 0. The normalized spacial score (nSPS) is 24.5. The topological polar surface area (TPSA) is 0 Å². The first-order chi connectivity index (χ1) is 8.36. The molecular weight excluding hydrogens is 204 g/mol. The summed E-state index contributed by atoms with van der Waals surface area (Å²) in [5.41, 5.74) is 1.47. The highest BCUT2D eigenvalue weighted by Crippen LogP contribution is 2.32. The lowest BCUT2D eigenvalue weighted by Crippen LogP contribution is -1.98. The highest BCUT2D eigenvalue weighted by molar-refractivity contribution is 5.14. The van der Waals surface area contributed by atoms with Crippen molar-refractivity contribution < 1.29 is 0 Å². The van der Waals surface area contributed by atoms with Crippen LogP contribution in [-0.4, -0.2) is 0 Å². The van der Waals surface area contributed by atoms with E-state index in [0.717, 1.165) is 11.8 Å². The van der Waals surface area contributed by atoms with Crippen molar-refractivity contribution in [3.05, 3.63) is 48.0 Å². The van der Waals surface area contributed by atoms with Crippen molar-refractivity contribution in [1.29, 1.82) is 0 Å². The average Bonchev–Trinajstić information content (AvgIpc) is 2.76. The summed E-state index contributed by atoms with van der Waals surface area (Å²) in [6.45, 7) is 2.39. The molecule has 0 unspecified atom stereocenters. The average molecular weight is 228 g/mol. The van der Waals surface area contributed by atoms with Crippen LogP contribution in [0.3, 0.4) is 0 Å². The van der Waals surface area contributed by atoms with Gasteiger partial charge >= 0.3 is 0 Å². The molecule has 0 spiro atoms. The van der Waals surface area contributed by atoms with Crippen molar-refractivity contribution in [2.45, 2.75) is 45.4 Å². The molecule has 0 heterocycles. The summed E-state index contributed by atoms with van der Waals surface area (Å²) in [6, 6.07) is 10.8. The lowest BCUT2D eigenvalue weighted by Gasteiger charge is -2.09. The molecule has 1 aliphatic carbocycles. The van der Waals surface area contributed by atoms with E-state index in [1.165, 1.54) is 44.1 Å². The Balaban J connectivity index is 1.64. The zero-order valence-electron chi connectivity index (χ0n) is 10.9. The number of rotatable bonds is 5. The van der Waals surface area contributed by atoms with Crippen LogP contribution in [0, 0.1) is 11.8 Å². The highest BCUT2D eigenvalue weighted by atomic mass is 14.2. The Morgan fingerprint density at radius 2 is 2.00 bits per heavy atom. The lowest BCUT2D eigenvalue weighted by atomic mass is 9.97. The molecule has 0 nitrogen and oxygen atoms in total. The van der Waals surface area contributed by atoms with Gasteiger partial charge in [-0.05, 0) is 43.1 Å². The van der Waals surface area contributed by atoms with E-state index >= 15 is 0 Å². The second-order valence-corrected chi connectivity index (χ2v) is 5.38. The van der Waals surface area contributed by atoms with E-state index in [0.29, 0.717) is 0 Å². The third kappa shape index (κ3) is 4.03. The minimum Gasteiger partial charge on any atom is -0.0882 e. The monoisotopic (exact) mass is 228 g/mol. The van der Waals surface area contributed by atoms with Gasteiger partial charge in [0.15, 0.2) is 0 Å². The molecule has 1 saturated carbocycles. The van der Waals surface area contributed by atoms with Gasteiger partial charge < -0.3 is 0 Å². The molecule has 0 bridgehead atoms. The van der Waals surface area contributed by atoms with Gasteiger partial charge in [-0.1, -0.05) is 62.2 Å². The minimum absolute atomic E-state index is 0.867. The Hall–Kier alpha value is -1.04. The molecule has 0 aliphatic heterocycles. The maximum atomic E-state index is 2.47. The van der Waals surface area contributed by atoms with Crippen molar-refractivity contribution in [3.8, 4) is 0 Å². The third-order valence-corrected chi connectivity index (χ3v) is 3.99. The predicted molar refractivity (Wildman–Crippen MR) is 75.0 cm³/mol. The van der Waals surface area contributed by atoms with Crippen molar-refractivity contribution in [3.63, 3.8) is 0 Å². The van der Waals surface area contributed by atoms with E-state index in [4.69, 9.17) is 0 Å². The Kier molecular flexibility index (Phi) is 4.85. The van der Waals surface area contributed by atoms with Crippen LogP contribution in [0.2, 0.25) is 0 Å². The summed E-state index contributed by atoms with van der Waals surface area (Å²) in [6.07, 6.45) is 12.9. The van der Waals surface area contributed by atoms with Gasteiger partial charge in [0.1, 0.15) is 0 Å². The van der Waals surface area contributed by atoms with Crippen LogP contribution in [0.15, 0.2) is 42.5 Å². The Bertz CT molecular complexity index is 336. The SMILES string of the molecule is C[C@H]1CCC[C@@H]1/C=C/CCCc1ccccc1. The zero-order chi connectivity index (χ0) is 11.9. The summed E-state index contributed by atoms with van der Waals surface area (Å²) < 4.78 is 0. The van der Waals surface area contributed by atoms with Gasteiger partial charge in [-0.25, -0.2) is 0 Å². The fourth-order valence-corrected chi connectivity index (χ4v) is 2.80. The van der Waals surface area contributed by atoms with Gasteiger partial charge in [0.2, 0.25) is 0 Å². The largest absolute Gasteiger partial charge is 0.0882 e. The van der Waals surface area contributed by atoms with E-state index in [2.05, 4.69) is 49.4 Å². The van der Waals surface area contributed by atoms with Crippen LogP contribution in [-0.2, 0) is 6.42 Å². The van der Waals surface area contributed by atoms with Crippen LogP contribution in [0.5, 0.6) is 0 Å². The smallest absolute Gasteiger partial charge is 0.0208 e. The summed E-state index contributed by atoms with van der Waals surface area (Å²) >= 11 is 0. The van der Waals surface area contributed by atoms with Crippen LogP contribution in [0.1, 0.15) is 44.6 Å². The van der Waals surface area contributed by atoms with Gasteiger partial charge in [0.25, 0.3) is 0 Å². The molecule has 17 heavy (non-hydrogen) atoms. The third-order valence-electron chi connectivity index (χ3n) is 3.99. The van der Waals surface area contributed by atoms with E-state index in [9.17, 15) is 0 Å². The number of hydrogen-bond acceptors (Lipinski definition) is 0. The van der Waals surface area contributed by atoms with E-state index in [1.807, 2.05) is 0 Å². The fourth-order valence-electron chi connectivity index (χ4n) is 2.80. The number of unbranched alkanes of at least 4 members (excludes halogenated alkanes) is 1. The molecule has 0 amide bonds. The minimum atomic E-state index is 0.867. The number of aryl methyl sites for hydroxylation is 1. The van der Waals surface area contributed by atoms with Gasteiger partial charge in [0, 0.05) is 0 Å². The molecule has 92 valence electrons. The lowest BCUT2D eigenvalue weighted by molar-refractivity contribution is 0.502. The van der Waals surface area contributed by atoms with E-state index < -0.39 is 0 Å². The fraction of sp³-hybridized carbons (Fsp3) is 0.529. The first-order valence-corrected chi connectivity index (χ1v) is 7.07. The molecule has 0 heteroatoms. The second-order valence-electron chi connectivity index (χ2n) is 5.38. The number of benzene rings is 1. The van der Waals surface area contributed by atoms with Crippen molar-refractivity contribution in [2.75, 3.05) is 0 Å². The van der Waals surface area contributed by atoms with Gasteiger partial charge in [-0.15, -0.1) is 0 Å². The van der Waals surface area contributed by atoms with Gasteiger partial charge in [-0.2, -0.15) is 0 Å². The summed E-state index contributed by atoms with van der Waals surface area (Å²) in [7, 11) is 0. The summed E-state index contributed by atoms with van der Waals surface area (Å²) in [5.74, 6) is 1.78. The van der Waals surface area contributed by atoms with E-state index in [-0.39, 0.29) is 0 Å². The van der Waals surface area contributed by atoms with Gasteiger partial charge in [0.05, 0.1) is 0 Å². The molecule has 2 atom stereocenters. The Morgan fingerprint density at radius 3 is 2.71 bits per heavy atom. The van der Waals surface area contributed by atoms with Crippen LogP contribution >= 0.6 is 0 Å². The maximum absolute atomic E-state index is 2.47. The number of allylic oxidation sites excluding steroid dienone is 2. The standard InChI is InChI=1S/C17H24/c1-15-9-8-14-17(15)13-7-3-6-12-16-10-4-2-5-11-16/h2,4-5,7,10-11,13,15,17H,3,6,8-9,12,14H2,1H3/b13-7+/t15-,17-/m0/s1. The first-order valence-electron chi connectivity index (χ1n) is 7.07. The van der Waals surface area contributed by atoms with E-state index in [1.54, 1.807) is 0 Å². The molecule has 1 aromatic carbocycles. The summed E-state index contributed by atoms with van der Waals surface area (Å²) in [4.78, 5) is 0. The van der Waals surface area contributed by atoms with Crippen molar-refractivity contribution in [1.82, 2.24) is 0 Å². The molecule has 1 aliphatic rings. The van der Waals surface area contributed by atoms with Crippen LogP contribution < -0.4 is 0 Å². The second kappa shape index (κ2) is 6.64. The predicted octanol–water partition coefficient (Wildman–Crippen LogP) is 5.00. The molecule has 1 fully saturated rings. The zero-order valence-corrected chi connectivity index (χ0v) is 10.9. The van der Waals surface area contributed by atoms with Crippen molar-refractivity contribution in [2.24, 2.45) is 11.8 Å². The van der Waals surface area contributed by atoms with Crippen molar-refractivity contribution >= 4 is 0 Å². The molecular formula is C17H24. The van der Waals surface area contributed by atoms with Crippen LogP contribution in [0.25, 0.3) is 0 Å². The quantitative estimate of drug-likeness (QED) is 0.491. The first kappa shape index (κ1) is 12.4. The van der Waals surface area contributed by atoms with Crippen LogP contribution in [0.4, 0.5) is 0 Å². The summed E-state index contributed by atoms with van der Waals surface area (Å²) in [5, 5.41) is 0. The Morgan fingerprint density at radius 1 is 1.18 bits per heavy atom. The highest BCUT2D eigenvalue weighted by Gasteiger charge is 2.19. The molecule has 0 saturated heterocycles. The molecule has 0 radical (unpaired) electrons. The molecule has 0 N–H and O–H groups in total. The van der Waals surface area contributed by atoms with Gasteiger partial charge in [-0.3, -0.25) is 0 Å². The maximum Gasteiger partial charge on any atom is -0.0208 e. The molecule has 2 rings (SSSR count). The molecule has 1 aromatic rings. The Labute approximate surface area is 106 Å². The molecule has 0 aromatic heterocycles.